The van der Waals surface area contributed by atoms with Gasteiger partial charge in [0.1, 0.15) is 11.9 Å². The topological polar surface area (TPSA) is 55.3 Å². The molecule has 7 heteroatoms. The van der Waals surface area contributed by atoms with E-state index in [1.54, 1.807) is 7.11 Å². The largest absolute Gasteiger partial charge is 0.489 e. The number of guanidine groups is 1. The van der Waals surface area contributed by atoms with Crippen LogP contribution in [0.4, 0.5) is 0 Å². The van der Waals surface area contributed by atoms with Gasteiger partial charge >= 0.3 is 0 Å². The molecule has 1 aliphatic heterocycles. The summed E-state index contributed by atoms with van der Waals surface area (Å²) in [5.74, 6) is 1.76. The van der Waals surface area contributed by atoms with Gasteiger partial charge in [0.05, 0.1) is 12.6 Å². The van der Waals surface area contributed by atoms with Crippen molar-refractivity contribution in [3.05, 3.63) is 29.3 Å². The van der Waals surface area contributed by atoms with Crippen molar-refractivity contribution in [3.63, 3.8) is 0 Å². The predicted molar refractivity (Wildman–Crippen MR) is 115 cm³/mol. The van der Waals surface area contributed by atoms with Crippen LogP contribution < -0.4 is 10.1 Å². The highest BCUT2D eigenvalue weighted by Gasteiger charge is 2.22. The van der Waals surface area contributed by atoms with Crippen molar-refractivity contribution >= 4 is 17.6 Å². The summed E-state index contributed by atoms with van der Waals surface area (Å²) in [6.07, 6.45) is 3.31. The number of halogens is 1. The van der Waals surface area contributed by atoms with Gasteiger partial charge in [0.25, 0.3) is 0 Å². The number of ether oxygens (including phenoxy) is 3. The van der Waals surface area contributed by atoms with E-state index in [9.17, 15) is 0 Å². The summed E-state index contributed by atoms with van der Waals surface area (Å²) < 4.78 is 16.9. The first-order chi connectivity index (χ1) is 13.6. The van der Waals surface area contributed by atoms with E-state index < -0.39 is 0 Å². The van der Waals surface area contributed by atoms with Gasteiger partial charge in [-0.2, -0.15) is 0 Å². The first-order valence-corrected chi connectivity index (χ1v) is 10.6. The molecule has 0 amide bonds. The van der Waals surface area contributed by atoms with E-state index >= 15 is 0 Å². The molecule has 2 rings (SSSR count). The Labute approximate surface area is 174 Å². The molecular formula is C21H34ClN3O3. The molecular weight excluding hydrogens is 378 g/mol. The van der Waals surface area contributed by atoms with Gasteiger partial charge in [-0.1, -0.05) is 11.6 Å². The standard InChI is InChI=1S/C21H34ClN3O3/c1-4-23-21(24-16-17(2)28-20-8-6-18(22)7-9-20)25-12-10-19(11-13-25)27-15-5-14-26-3/h6-9,17,19H,4-5,10-16H2,1-3H3,(H,23,24). The van der Waals surface area contributed by atoms with Gasteiger partial charge in [0.15, 0.2) is 5.96 Å². The molecule has 1 saturated heterocycles. The molecule has 1 aromatic rings. The molecule has 0 spiro atoms. The van der Waals surface area contributed by atoms with Crippen molar-refractivity contribution < 1.29 is 14.2 Å². The molecule has 1 heterocycles. The lowest BCUT2D eigenvalue weighted by molar-refractivity contribution is 0.00988. The van der Waals surface area contributed by atoms with Crippen LogP contribution in [0.25, 0.3) is 0 Å². The van der Waals surface area contributed by atoms with Gasteiger partial charge in [0, 0.05) is 45.0 Å². The Morgan fingerprint density at radius 2 is 1.96 bits per heavy atom. The van der Waals surface area contributed by atoms with E-state index in [2.05, 4.69) is 17.1 Å². The third-order valence-corrected chi connectivity index (χ3v) is 4.82. The molecule has 1 atom stereocenters. The normalized spacial score (nSPS) is 16.9. The highest BCUT2D eigenvalue weighted by Crippen LogP contribution is 2.17. The number of aliphatic imine (C=N–C) groups is 1. The zero-order chi connectivity index (χ0) is 20.2. The maximum Gasteiger partial charge on any atom is 0.194 e. The molecule has 0 aromatic heterocycles. The number of piperidine rings is 1. The van der Waals surface area contributed by atoms with Crippen molar-refractivity contribution in [1.82, 2.24) is 10.2 Å². The van der Waals surface area contributed by atoms with Crippen LogP contribution in [-0.2, 0) is 9.47 Å². The zero-order valence-corrected chi connectivity index (χ0v) is 18.1. The van der Waals surface area contributed by atoms with Crippen LogP contribution in [0.1, 0.15) is 33.1 Å². The Morgan fingerprint density at radius 3 is 2.61 bits per heavy atom. The molecule has 1 unspecified atom stereocenters. The van der Waals surface area contributed by atoms with Crippen LogP contribution in [0.5, 0.6) is 5.75 Å². The number of rotatable bonds is 10. The smallest absolute Gasteiger partial charge is 0.194 e. The molecule has 0 radical (unpaired) electrons. The summed E-state index contributed by atoms with van der Waals surface area (Å²) >= 11 is 5.92. The minimum atomic E-state index is -0.0171. The summed E-state index contributed by atoms with van der Waals surface area (Å²) in [6, 6.07) is 7.42. The third-order valence-electron chi connectivity index (χ3n) is 4.57. The Hall–Kier alpha value is -1.50. The van der Waals surface area contributed by atoms with Crippen molar-refractivity contribution in [2.45, 2.75) is 45.3 Å². The van der Waals surface area contributed by atoms with E-state index in [-0.39, 0.29) is 6.10 Å². The van der Waals surface area contributed by atoms with Gasteiger partial charge in [-0.05, 0) is 57.4 Å². The van der Waals surface area contributed by atoms with Crippen molar-refractivity contribution in [2.75, 3.05) is 46.5 Å². The average Bonchev–Trinajstić information content (AvgIpc) is 2.71. The van der Waals surface area contributed by atoms with E-state index in [0.717, 1.165) is 63.8 Å². The minimum Gasteiger partial charge on any atom is -0.489 e. The fourth-order valence-electron chi connectivity index (χ4n) is 3.11. The molecule has 1 N–H and O–H groups in total. The number of nitrogens with one attached hydrogen (secondary N) is 1. The summed E-state index contributed by atoms with van der Waals surface area (Å²) in [7, 11) is 1.72. The first-order valence-electron chi connectivity index (χ1n) is 10.2. The summed E-state index contributed by atoms with van der Waals surface area (Å²) in [4.78, 5) is 7.10. The highest BCUT2D eigenvalue weighted by atomic mass is 35.5. The number of likely N-dealkylation sites (tertiary alicyclic amines) is 1. The fourth-order valence-corrected chi connectivity index (χ4v) is 3.24. The number of nitrogens with zero attached hydrogens (tertiary/aromatic N) is 2. The molecule has 1 aromatic carbocycles. The lowest BCUT2D eigenvalue weighted by Gasteiger charge is -2.34. The maximum atomic E-state index is 5.95. The Morgan fingerprint density at radius 1 is 1.25 bits per heavy atom. The summed E-state index contributed by atoms with van der Waals surface area (Å²) in [5.41, 5.74) is 0. The number of benzene rings is 1. The SMILES string of the molecule is CCNC(=NCC(C)Oc1ccc(Cl)cc1)N1CCC(OCCCOC)CC1. The monoisotopic (exact) mass is 411 g/mol. The second kappa shape index (κ2) is 12.9. The summed E-state index contributed by atoms with van der Waals surface area (Å²) in [6.45, 7) is 8.99. The highest BCUT2D eigenvalue weighted by molar-refractivity contribution is 6.30. The van der Waals surface area contributed by atoms with Crippen LogP contribution >= 0.6 is 11.6 Å². The Balaban J connectivity index is 1.79. The van der Waals surface area contributed by atoms with Gasteiger partial charge in [0.2, 0.25) is 0 Å². The van der Waals surface area contributed by atoms with E-state index in [0.29, 0.717) is 17.7 Å². The van der Waals surface area contributed by atoms with Crippen molar-refractivity contribution in [2.24, 2.45) is 4.99 Å². The van der Waals surface area contributed by atoms with E-state index in [1.165, 1.54) is 0 Å². The maximum absolute atomic E-state index is 5.95. The molecule has 0 bridgehead atoms. The lowest BCUT2D eigenvalue weighted by atomic mass is 10.1. The van der Waals surface area contributed by atoms with E-state index in [1.807, 2.05) is 31.2 Å². The van der Waals surface area contributed by atoms with Crippen LogP contribution in [0, 0.1) is 0 Å². The van der Waals surface area contributed by atoms with Crippen LogP contribution in [-0.4, -0.2) is 69.6 Å². The van der Waals surface area contributed by atoms with Crippen LogP contribution in [0.2, 0.25) is 5.02 Å². The van der Waals surface area contributed by atoms with Gasteiger partial charge in [-0.25, -0.2) is 4.99 Å². The van der Waals surface area contributed by atoms with Gasteiger partial charge in [-0.15, -0.1) is 0 Å². The first kappa shape index (κ1) is 22.8. The quantitative estimate of drug-likeness (QED) is 0.362. The fraction of sp³-hybridized carbons (Fsp3) is 0.667. The van der Waals surface area contributed by atoms with Gasteiger partial charge < -0.3 is 24.4 Å². The summed E-state index contributed by atoms with van der Waals surface area (Å²) in [5, 5.41) is 4.11. The van der Waals surface area contributed by atoms with Crippen molar-refractivity contribution in [3.8, 4) is 5.75 Å². The van der Waals surface area contributed by atoms with E-state index in [4.69, 9.17) is 30.8 Å². The number of hydrogen-bond donors (Lipinski definition) is 1. The molecule has 1 aliphatic rings. The second-order valence-corrected chi connectivity index (χ2v) is 7.42. The molecule has 0 saturated carbocycles. The van der Waals surface area contributed by atoms with Gasteiger partial charge in [-0.3, -0.25) is 0 Å². The molecule has 1 fully saturated rings. The van der Waals surface area contributed by atoms with Crippen LogP contribution in [0.15, 0.2) is 29.3 Å². The third kappa shape index (κ3) is 8.25. The second-order valence-electron chi connectivity index (χ2n) is 6.98. The number of hydrogen-bond acceptors (Lipinski definition) is 4. The minimum absolute atomic E-state index is 0.0171. The van der Waals surface area contributed by atoms with Crippen molar-refractivity contribution in [1.29, 1.82) is 0 Å². The van der Waals surface area contributed by atoms with Crippen LogP contribution in [0.3, 0.4) is 0 Å². The molecule has 0 aliphatic carbocycles. The molecule has 158 valence electrons. The lowest BCUT2D eigenvalue weighted by Crippen LogP contribution is -2.47. The molecule has 6 nitrogen and oxygen atoms in total. The Kier molecular flexibility index (Phi) is 10.5. The average molecular weight is 412 g/mol. The zero-order valence-electron chi connectivity index (χ0n) is 17.3. The number of methoxy groups -OCH3 is 1. The molecule has 28 heavy (non-hydrogen) atoms. The Bertz CT molecular complexity index is 575. The predicted octanol–water partition coefficient (Wildman–Crippen LogP) is 3.59.